The van der Waals surface area contributed by atoms with E-state index in [4.69, 9.17) is 0 Å². The lowest BCUT2D eigenvalue weighted by molar-refractivity contribution is 0.273. The summed E-state index contributed by atoms with van der Waals surface area (Å²) < 4.78 is 56.0. The first kappa shape index (κ1) is 21.8. The third kappa shape index (κ3) is 4.34. The molecule has 3 N–H and O–H groups in total. The van der Waals surface area contributed by atoms with E-state index in [9.17, 15) is 26.7 Å². The SMILES string of the molecule is CS(=O)(=O)Nc1ccc2c(c1)S(=O)(=O)N=C(c1c(O)c(Br)cn(CC3CCC3)c1=O)N2. The van der Waals surface area contributed by atoms with Crippen LogP contribution >= 0.6 is 15.9 Å². The normalized spacial score (nSPS) is 17.8. The van der Waals surface area contributed by atoms with E-state index in [0.717, 1.165) is 31.6 Å². The van der Waals surface area contributed by atoms with Crippen molar-refractivity contribution in [3.8, 4) is 5.75 Å². The summed E-state index contributed by atoms with van der Waals surface area (Å²) in [5, 5.41) is 13.3. The summed E-state index contributed by atoms with van der Waals surface area (Å²) in [6.45, 7) is 0.460. The molecule has 13 heteroatoms. The summed E-state index contributed by atoms with van der Waals surface area (Å²) in [5.74, 6) is -0.369. The van der Waals surface area contributed by atoms with Gasteiger partial charge in [-0.2, -0.15) is 8.42 Å². The van der Waals surface area contributed by atoms with Crippen LogP contribution in [0.3, 0.4) is 0 Å². The van der Waals surface area contributed by atoms with Crippen LogP contribution in [0.1, 0.15) is 24.8 Å². The second-order valence-corrected chi connectivity index (χ2v) is 11.8. The van der Waals surface area contributed by atoms with E-state index < -0.39 is 31.4 Å². The molecule has 1 aliphatic carbocycles. The maximum Gasteiger partial charge on any atom is 0.286 e. The van der Waals surface area contributed by atoms with Gasteiger partial charge in [0.2, 0.25) is 10.0 Å². The second-order valence-electron chi connectivity index (χ2n) is 7.58. The Morgan fingerprint density at radius 3 is 2.68 bits per heavy atom. The first-order valence-corrected chi connectivity index (χ1v) is 13.4. The first-order chi connectivity index (χ1) is 14.4. The minimum atomic E-state index is -4.28. The quantitative estimate of drug-likeness (QED) is 0.535. The fourth-order valence-electron chi connectivity index (χ4n) is 3.47. The van der Waals surface area contributed by atoms with Gasteiger partial charge in [-0.15, -0.1) is 4.40 Å². The summed E-state index contributed by atoms with van der Waals surface area (Å²) in [6, 6.07) is 3.87. The van der Waals surface area contributed by atoms with Crippen molar-refractivity contribution in [3.05, 3.63) is 44.8 Å². The number of nitrogens with one attached hydrogen (secondary N) is 2. The highest BCUT2D eigenvalue weighted by molar-refractivity contribution is 9.10. The molecule has 1 aromatic heterocycles. The number of halogens is 1. The highest BCUT2D eigenvalue weighted by Gasteiger charge is 2.30. The Labute approximate surface area is 187 Å². The minimum absolute atomic E-state index is 0.0541. The monoisotopic (exact) mass is 530 g/mol. The van der Waals surface area contributed by atoms with E-state index in [1.165, 1.54) is 22.9 Å². The number of anilines is 2. The molecule has 0 spiro atoms. The molecule has 166 valence electrons. The molecule has 1 saturated carbocycles. The van der Waals surface area contributed by atoms with E-state index in [1.54, 1.807) is 0 Å². The van der Waals surface area contributed by atoms with E-state index >= 15 is 0 Å². The number of aromatic hydroxyl groups is 1. The summed E-state index contributed by atoms with van der Waals surface area (Å²) >= 11 is 3.22. The highest BCUT2D eigenvalue weighted by atomic mass is 79.9. The smallest absolute Gasteiger partial charge is 0.286 e. The van der Waals surface area contributed by atoms with Crippen LogP contribution in [0, 0.1) is 5.92 Å². The van der Waals surface area contributed by atoms with Gasteiger partial charge in [-0.05, 0) is 52.9 Å². The molecule has 0 unspecified atom stereocenters. The van der Waals surface area contributed by atoms with Crippen LogP contribution in [0.15, 0.2) is 43.0 Å². The molecule has 1 fully saturated rings. The van der Waals surface area contributed by atoms with Gasteiger partial charge in [-0.25, -0.2) is 8.42 Å². The number of sulfonamides is 2. The van der Waals surface area contributed by atoms with Crippen molar-refractivity contribution in [1.82, 2.24) is 4.57 Å². The Hall–Kier alpha value is -2.38. The molecular formula is C18H19BrN4O6S2. The van der Waals surface area contributed by atoms with Crippen molar-refractivity contribution < 1.29 is 21.9 Å². The van der Waals surface area contributed by atoms with Crippen LogP contribution in [0.25, 0.3) is 0 Å². The standard InChI is InChI=1S/C18H19BrN4O6S2/c1-30(26,27)21-11-5-6-13-14(7-11)31(28,29)22-17(20-13)15-16(24)12(19)9-23(18(15)25)8-10-3-2-4-10/h5-7,9-10,21,24H,2-4,8H2,1H3,(H,20,22). The molecule has 0 bridgehead atoms. The molecule has 2 aliphatic rings. The van der Waals surface area contributed by atoms with Crippen molar-refractivity contribution in [3.63, 3.8) is 0 Å². The molecule has 2 heterocycles. The molecule has 4 rings (SSSR count). The van der Waals surface area contributed by atoms with Crippen molar-refractivity contribution in [2.75, 3.05) is 16.3 Å². The van der Waals surface area contributed by atoms with Crippen LogP contribution in [0.2, 0.25) is 0 Å². The van der Waals surface area contributed by atoms with Gasteiger partial charge in [0.15, 0.2) is 5.84 Å². The van der Waals surface area contributed by atoms with Crippen molar-refractivity contribution in [2.24, 2.45) is 10.3 Å². The summed E-state index contributed by atoms with van der Waals surface area (Å²) in [4.78, 5) is 12.8. The van der Waals surface area contributed by atoms with E-state index in [1.807, 2.05) is 0 Å². The second kappa shape index (κ2) is 7.64. The van der Waals surface area contributed by atoms with Crippen molar-refractivity contribution >= 4 is 53.2 Å². The van der Waals surface area contributed by atoms with Crippen LogP contribution in [0.4, 0.5) is 11.4 Å². The predicted octanol–water partition coefficient (Wildman–Crippen LogP) is 2.05. The van der Waals surface area contributed by atoms with Crippen molar-refractivity contribution in [1.29, 1.82) is 0 Å². The van der Waals surface area contributed by atoms with Gasteiger partial charge in [-0.3, -0.25) is 9.52 Å². The van der Waals surface area contributed by atoms with E-state index in [2.05, 4.69) is 30.4 Å². The third-order valence-electron chi connectivity index (χ3n) is 5.15. The van der Waals surface area contributed by atoms with Gasteiger partial charge >= 0.3 is 0 Å². The maximum atomic E-state index is 13.0. The van der Waals surface area contributed by atoms with Gasteiger partial charge in [-0.1, -0.05) is 6.42 Å². The molecule has 0 radical (unpaired) electrons. The minimum Gasteiger partial charge on any atom is -0.506 e. The molecule has 0 atom stereocenters. The molecule has 0 saturated heterocycles. The van der Waals surface area contributed by atoms with Gasteiger partial charge in [0.1, 0.15) is 16.2 Å². The molecule has 2 aromatic rings. The lowest BCUT2D eigenvalue weighted by Crippen LogP contribution is -2.34. The Balaban J connectivity index is 1.79. The zero-order valence-corrected chi connectivity index (χ0v) is 19.5. The zero-order chi connectivity index (χ0) is 22.6. The topological polar surface area (TPSA) is 147 Å². The van der Waals surface area contributed by atoms with Crippen LogP contribution < -0.4 is 15.6 Å². The van der Waals surface area contributed by atoms with E-state index in [0.29, 0.717) is 12.5 Å². The van der Waals surface area contributed by atoms with Crippen LogP contribution in [0.5, 0.6) is 5.75 Å². The number of hydrogen-bond acceptors (Lipinski definition) is 7. The van der Waals surface area contributed by atoms with Gasteiger partial charge in [0.05, 0.1) is 16.4 Å². The molecule has 0 amide bonds. The number of pyridine rings is 1. The van der Waals surface area contributed by atoms with Crippen LogP contribution in [-0.2, 0) is 26.6 Å². The number of amidine groups is 1. The number of nitrogens with zero attached hydrogens (tertiary/aromatic N) is 2. The van der Waals surface area contributed by atoms with Gasteiger partial charge < -0.3 is 15.0 Å². The van der Waals surface area contributed by atoms with Crippen molar-refractivity contribution in [2.45, 2.75) is 30.7 Å². The Bertz CT molecular complexity index is 1380. The molecule has 31 heavy (non-hydrogen) atoms. The highest BCUT2D eigenvalue weighted by Crippen LogP contribution is 2.34. The Morgan fingerprint density at radius 2 is 2.06 bits per heavy atom. The number of rotatable bonds is 5. The number of aromatic nitrogens is 1. The van der Waals surface area contributed by atoms with Gasteiger partial charge in [0, 0.05) is 18.4 Å². The first-order valence-electron chi connectivity index (χ1n) is 9.31. The van der Waals surface area contributed by atoms with Gasteiger partial charge in [0.25, 0.3) is 15.6 Å². The lowest BCUT2D eigenvalue weighted by Gasteiger charge is -2.26. The number of hydrogen-bond donors (Lipinski definition) is 3. The molecule has 10 nitrogen and oxygen atoms in total. The average molecular weight is 531 g/mol. The fraction of sp³-hybridized carbons (Fsp3) is 0.333. The molecule has 1 aliphatic heterocycles. The summed E-state index contributed by atoms with van der Waals surface area (Å²) in [5.41, 5.74) is -0.666. The third-order valence-corrected chi connectivity index (χ3v) is 7.65. The Morgan fingerprint density at radius 1 is 1.35 bits per heavy atom. The Kier molecular flexibility index (Phi) is 5.38. The lowest BCUT2D eigenvalue weighted by atomic mass is 9.85. The van der Waals surface area contributed by atoms with E-state index in [-0.39, 0.29) is 32.1 Å². The number of fused-ring (bicyclic) bond motifs is 1. The summed E-state index contributed by atoms with van der Waals surface area (Å²) in [7, 11) is -7.88. The molecular weight excluding hydrogens is 512 g/mol. The molecule has 1 aromatic carbocycles. The predicted molar refractivity (Wildman–Crippen MR) is 120 cm³/mol. The maximum absolute atomic E-state index is 13.0. The largest absolute Gasteiger partial charge is 0.506 e. The number of benzene rings is 1. The summed E-state index contributed by atoms with van der Waals surface area (Å²) in [6.07, 6.45) is 5.54. The zero-order valence-electron chi connectivity index (χ0n) is 16.3. The average Bonchev–Trinajstić information content (AvgIpc) is 2.61. The van der Waals surface area contributed by atoms with Crippen LogP contribution in [-0.4, -0.2) is 38.6 Å². The fourth-order valence-corrected chi connectivity index (χ4v) is 5.62.